The maximum Gasteiger partial charge on any atom is 0.232 e. The summed E-state index contributed by atoms with van der Waals surface area (Å²) in [6, 6.07) is 16.4. The number of para-hydroxylation sites is 1. The first kappa shape index (κ1) is 15.8. The fraction of sp³-hybridized carbons (Fsp3) is 0.381. The van der Waals surface area contributed by atoms with E-state index < -0.39 is 0 Å². The van der Waals surface area contributed by atoms with Crippen molar-refractivity contribution < 1.29 is 4.79 Å². The van der Waals surface area contributed by atoms with Gasteiger partial charge in [0.05, 0.1) is 5.92 Å². The van der Waals surface area contributed by atoms with Gasteiger partial charge in [-0.1, -0.05) is 61.4 Å². The summed E-state index contributed by atoms with van der Waals surface area (Å²) in [6.45, 7) is 4.10. The lowest BCUT2D eigenvalue weighted by molar-refractivity contribution is -0.118. The molecule has 0 saturated heterocycles. The second kappa shape index (κ2) is 6.99. The van der Waals surface area contributed by atoms with Crippen molar-refractivity contribution in [3.05, 3.63) is 65.2 Å². The highest BCUT2D eigenvalue weighted by Gasteiger charge is 2.32. The molecule has 0 spiro atoms. The first-order valence-corrected chi connectivity index (χ1v) is 8.59. The normalized spacial score (nSPS) is 16.3. The van der Waals surface area contributed by atoms with Gasteiger partial charge in [-0.3, -0.25) is 4.79 Å². The van der Waals surface area contributed by atoms with Crippen LogP contribution in [0, 0.1) is 19.8 Å². The zero-order chi connectivity index (χ0) is 16.2. The van der Waals surface area contributed by atoms with Crippen molar-refractivity contribution >= 4 is 11.6 Å². The van der Waals surface area contributed by atoms with E-state index >= 15 is 0 Å². The Labute approximate surface area is 138 Å². The van der Waals surface area contributed by atoms with E-state index in [2.05, 4.69) is 43.4 Å². The zero-order valence-electron chi connectivity index (χ0n) is 14.0. The van der Waals surface area contributed by atoms with Crippen molar-refractivity contribution in [3.8, 4) is 0 Å². The van der Waals surface area contributed by atoms with Gasteiger partial charge in [-0.2, -0.15) is 0 Å². The molecule has 1 aliphatic rings. The van der Waals surface area contributed by atoms with Crippen LogP contribution in [0.5, 0.6) is 0 Å². The molecule has 0 aliphatic heterocycles. The van der Waals surface area contributed by atoms with Gasteiger partial charge < -0.3 is 5.32 Å². The summed E-state index contributed by atoms with van der Waals surface area (Å²) in [5, 5.41) is 3.22. The molecule has 120 valence electrons. The van der Waals surface area contributed by atoms with E-state index in [1.165, 1.54) is 12.8 Å². The number of carbonyl (C=O) groups is 1. The molecule has 2 aromatic rings. The number of aryl methyl sites for hydroxylation is 2. The molecule has 1 N–H and O–H groups in total. The Morgan fingerprint density at radius 3 is 2.17 bits per heavy atom. The predicted molar refractivity (Wildman–Crippen MR) is 95.7 cm³/mol. The molecule has 1 aliphatic carbocycles. The SMILES string of the molecule is Cc1cccc(C)c1NC(=O)C(c1ccccc1)C1CCCC1. The molecule has 0 aromatic heterocycles. The fourth-order valence-corrected chi connectivity index (χ4v) is 3.80. The third-order valence-electron chi connectivity index (χ3n) is 5.04. The quantitative estimate of drug-likeness (QED) is 0.824. The molecule has 1 unspecified atom stereocenters. The molecular formula is C21H25NO. The van der Waals surface area contributed by atoms with Crippen LogP contribution in [0.15, 0.2) is 48.5 Å². The Bertz CT molecular complexity index is 651. The van der Waals surface area contributed by atoms with E-state index in [1.807, 2.05) is 24.3 Å². The summed E-state index contributed by atoms with van der Waals surface area (Å²) in [5.74, 6) is 0.555. The number of hydrogen-bond donors (Lipinski definition) is 1. The minimum atomic E-state index is -0.0438. The molecule has 0 bridgehead atoms. The lowest BCUT2D eigenvalue weighted by Crippen LogP contribution is -2.27. The van der Waals surface area contributed by atoms with E-state index in [1.54, 1.807) is 0 Å². The standard InChI is InChI=1S/C21H25NO/c1-15-9-8-10-16(2)20(15)22-21(23)19(18-13-6-7-14-18)17-11-4-3-5-12-17/h3-5,8-12,18-19H,6-7,13-14H2,1-2H3,(H,22,23). The molecule has 1 fully saturated rings. The topological polar surface area (TPSA) is 29.1 Å². The largest absolute Gasteiger partial charge is 0.325 e. The van der Waals surface area contributed by atoms with Crippen molar-refractivity contribution in [2.24, 2.45) is 5.92 Å². The molecule has 0 heterocycles. The highest BCUT2D eigenvalue weighted by molar-refractivity contribution is 5.97. The molecule has 23 heavy (non-hydrogen) atoms. The summed E-state index contributed by atoms with van der Waals surface area (Å²) in [5.41, 5.74) is 4.35. The number of carbonyl (C=O) groups excluding carboxylic acids is 1. The number of hydrogen-bond acceptors (Lipinski definition) is 1. The first-order valence-electron chi connectivity index (χ1n) is 8.59. The van der Waals surface area contributed by atoms with Crippen LogP contribution >= 0.6 is 0 Å². The smallest absolute Gasteiger partial charge is 0.232 e. The first-order chi connectivity index (χ1) is 11.2. The van der Waals surface area contributed by atoms with Crippen molar-refractivity contribution in [3.63, 3.8) is 0 Å². The van der Waals surface area contributed by atoms with E-state index in [-0.39, 0.29) is 11.8 Å². The van der Waals surface area contributed by atoms with Crippen LogP contribution in [0.25, 0.3) is 0 Å². The van der Waals surface area contributed by atoms with E-state index in [9.17, 15) is 4.79 Å². The molecule has 2 nitrogen and oxygen atoms in total. The Balaban J connectivity index is 1.89. The van der Waals surface area contributed by atoms with Gasteiger partial charge in [-0.05, 0) is 49.3 Å². The highest BCUT2D eigenvalue weighted by Crippen LogP contribution is 2.38. The molecule has 2 heteroatoms. The number of benzene rings is 2. The van der Waals surface area contributed by atoms with E-state index in [0.29, 0.717) is 5.92 Å². The Hall–Kier alpha value is -2.09. The molecule has 1 amide bonds. The Morgan fingerprint density at radius 1 is 0.957 bits per heavy atom. The van der Waals surface area contributed by atoms with Crippen LogP contribution in [-0.4, -0.2) is 5.91 Å². The summed E-state index contributed by atoms with van der Waals surface area (Å²) < 4.78 is 0. The van der Waals surface area contributed by atoms with Gasteiger partial charge in [-0.15, -0.1) is 0 Å². The molecule has 3 rings (SSSR count). The van der Waals surface area contributed by atoms with E-state index in [0.717, 1.165) is 35.2 Å². The number of anilines is 1. The average Bonchev–Trinajstić information content (AvgIpc) is 3.06. The van der Waals surface area contributed by atoms with Gasteiger partial charge in [-0.25, -0.2) is 0 Å². The van der Waals surface area contributed by atoms with E-state index in [4.69, 9.17) is 0 Å². The van der Waals surface area contributed by atoms with Gasteiger partial charge in [0.25, 0.3) is 0 Å². The lowest BCUT2D eigenvalue weighted by atomic mass is 9.84. The lowest BCUT2D eigenvalue weighted by Gasteiger charge is -2.24. The average molecular weight is 307 g/mol. The number of nitrogens with one attached hydrogen (secondary N) is 1. The molecule has 1 atom stereocenters. The van der Waals surface area contributed by atoms with Crippen LogP contribution < -0.4 is 5.32 Å². The maximum atomic E-state index is 13.1. The Kier molecular flexibility index (Phi) is 4.80. The number of rotatable bonds is 4. The summed E-state index contributed by atoms with van der Waals surface area (Å²) in [6.07, 6.45) is 4.79. The van der Waals surface area contributed by atoms with Gasteiger partial charge in [0.1, 0.15) is 0 Å². The van der Waals surface area contributed by atoms with Gasteiger partial charge in [0.15, 0.2) is 0 Å². The highest BCUT2D eigenvalue weighted by atomic mass is 16.1. The molecule has 2 aromatic carbocycles. The van der Waals surface area contributed by atoms with Crippen molar-refractivity contribution in [2.75, 3.05) is 5.32 Å². The summed E-state index contributed by atoms with van der Waals surface area (Å²) in [4.78, 5) is 13.1. The molecular weight excluding hydrogens is 282 g/mol. The third kappa shape index (κ3) is 3.47. The van der Waals surface area contributed by atoms with Crippen LogP contribution in [0.2, 0.25) is 0 Å². The minimum Gasteiger partial charge on any atom is -0.325 e. The van der Waals surface area contributed by atoms with Crippen LogP contribution in [0.4, 0.5) is 5.69 Å². The summed E-state index contributed by atoms with van der Waals surface area (Å²) in [7, 11) is 0. The molecule has 0 radical (unpaired) electrons. The third-order valence-corrected chi connectivity index (χ3v) is 5.04. The van der Waals surface area contributed by atoms with Crippen molar-refractivity contribution in [2.45, 2.75) is 45.4 Å². The van der Waals surface area contributed by atoms with Gasteiger partial charge in [0.2, 0.25) is 5.91 Å². The second-order valence-electron chi connectivity index (χ2n) is 6.69. The van der Waals surface area contributed by atoms with Crippen LogP contribution in [0.1, 0.15) is 48.3 Å². The molecule has 1 saturated carbocycles. The monoisotopic (exact) mass is 307 g/mol. The second-order valence-corrected chi connectivity index (χ2v) is 6.69. The van der Waals surface area contributed by atoms with Gasteiger partial charge >= 0.3 is 0 Å². The zero-order valence-corrected chi connectivity index (χ0v) is 14.0. The van der Waals surface area contributed by atoms with Crippen LogP contribution in [0.3, 0.4) is 0 Å². The van der Waals surface area contributed by atoms with Crippen LogP contribution in [-0.2, 0) is 4.79 Å². The number of amides is 1. The minimum absolute atomic E-state index is 0.0438. The fourth-order valence-electron chi connectivity index (χ4n) is 3.80. The Morgan fingerprint density at radius 2 is 1.57 bits per heavy atom. The summed E-state index contributed by atoms with van der Waals surface area (Å²) >= 11 is 0. The van der Waals surface area contributed by atoms with Gasteiger partial charge in [0, 0.05) is 5.69 Å². The van der Waals surface area contributed by atoms with Crippen molar-refractivity contribution in [1.82, 2.24) is 0 Å². The predicted octanol–water partition coefficient (Wildman–Crippen LogP) is 5.22. The van der Waals surface area contributed by atoms with Crippen molar-refractivity contribution in [1.29, 1.82) is 0 Å². The maximum absolute atomic E-state index is 13.1.